The summed E-state index contributed by atoms with van der Waals surface area (Å²) in [6.45, 7) is -0.168. The molecule has 0 heterocycles. The zero-order chi connectivity index (χ0) is 18.7. The summed E-state index contributed by atoms with van der Waals surface area (Å²) in [5.74, 6) is -1.76. The summed E-state index contributed by atoms with van der Waals surface area (Å²) in [7, 11) is 0. The highest BCUT2D eigenvalue weighted by molar-refractivity contribution is 5.94. The van der Waals surface area contributed by atoms with E-state index in [0.717, 1.165) is 25.7 Å². The third kappa shape index (κ3) is 3.71. The van der Waals surface area contributed by atoms with Crippen LogP contribution in [0.25, 0.3) is 0 Å². The van der Waals surface area contributed by atoms with Crippen LogP contribution in [-0.2, 0) is 6.54 Å². The largest absolute Gasteiger partial charge is 0.331 e. The van der Waals surface area contributed by atoms with Crippen LogP contribution >= 0.6 is 0 Å². The van der Waals surface area contributed by atoms with Gasteiger partial charge in [0.05, 0.1) is 11.5 Å². The minimum absolute atomic E-state index is 0.100. The number of nitro benzene ring substituents is 1. The van der Waals surface area contributed by atoms with Crippen molar-refractivity contribution >= 4 is 11.6 Å². The highest BCUT2D eigenvalue weighted by atomic mass is 19.1. The summed E-state index contributed by atoms with van der Waals surface area (Å²) >= 11 is 0. The minimum atomic E-state index is -0.690. The molecule has 5 nitrogen and oxygen atoms in total. The molecular weight excluding hydrogens is 342 g/mol. The monoisotopic (exact) mass is 360 g/mol. The molecule has 0 spiro atoms. The predicted molar refractivity (Wildman–Crippen MR) is 91.6 cm³/mol. The van der Waals surface area contributed by atoms with Gasteiger partial charge in [0.2, 0.25) is 0 Å². The number of rotatable bonds is 5. The van der Waals surface area contributed by atoms with Crippen LogP contribution in [0.1, 0.15) is 41.6 Å². The van der Waals surface area contributed by atoms with Crippen LogP contribution in [-0.4, -0.2) is 21.8 Å². The molecule has 26 heavy (non-hydrogen) atoms. The van der Waals surface area contributed by atoms with Gasteiger partial charge in [-0.3, -0.25) is 14.9 Å². The van der Waals surface area contributed by atoms with Crippen molar-refractivity contribution in [1.82, 2.24) is 4.90 Å². The van der Waals surface area contributed by atoms with Crippen LogP contribution < -0.4 is 0 Å². The molecule has 0 aromatic heterocycles. The molecule has 2 aromatic carbocycles. The molecule has 0 bridgehead atoms. The Hall–Kier alpha value is -2.83. The maximum Gasteiger partial charge on any atom is 0.269 e. The van der Waals surface area contributed by atoms with Crippen molar-refractivity contribution < 1.29 is 18.5 Å². The maximum absolute atomic E-state index is 14.1. The Morgan fingerprint density at radius 2 is 1.65 bits per heavy atom. The lowest BCUT2D eigenvalue weighted by atomic mass is 10.1. The van der Waals surface area contributed by atoms with E-state index in [0.29, 0.717) is 0 Å². The molecule has 136 valence electrons. The van der Waals surface area contributed by atoms with Gasteiger partial charge in [0.25, 0.3) is 11.6 Å². The van der Waals surface area contributed by atoms with Gasteiger partial charge < -0.3 is 4.90 Å². The number of nitrogens with zero attached hydrogens (tertiary/aromatic N) is 2. The van der Waals surface area contributed by atoms with Crippen LogP contribution in [0.2, 0.25) is 0 Å². The third-order valence-corrected chi connectivity index (χ3v) is 4.74. The number of carbonyl (C=O) groups is 1. The number of benzene rings is 2. The van der Waals surface area contributed by atoms with E-state index in [1.165, 1.54) is 47.4 Å². The van der Waals surface area contributed by atoms with Gasteiger partial charge >= 0.3 is 0 Å². The van der Waals surface area contributed by atoms with E-state index < -0.39 is 16.6 Å². The van der Waals surface area contributed by atoms with Crippen molar-refractivity contribution in [3.8, 4) is 0 Å². The number of hydrogen-bond acceptors (Lipinski definition) is 3. The Kier molecular flexibility index (Phi) is 5.25. The quantitative estimate of drug-likeness (QED) is 0.584. The fourth-order valence-corrected chi connectivity index (χ4v) is 3.33. The SMILES string of the molecule is O=C(c1ccc([N+](=O)[O-])cc1)N(Cc1c(F)cccc1F)C1CCCC1. The number of nitro groups is 1. The van der Waals surface area contributed by atoms with Gasteiger partial charge in [-0.2, -0.15) is 0 Å². The average Bonchev–Trinajstić information content (AvgIpc) is 3.15. The molecule has 1 fully saturated rings. The molecule has 0 atom stereocenters. The number of non-ortho nitro benzene ring substituents is 1. The summed E-state index contributed by atoms with van der Waals surface area (Å²) in [5.41, 5.74) is 0.00280. The van der Waals surface area contributed by atoms with Crippen molar-refractivity contribution in [2.75, 3.05) is 0 Å². The first kappa shape index (κ1) is 18.0. The lowest BCUT2D eigenvalue weighted by molar-refractivity contribution is -0.384. The van der Waals surface area contributed by atoms with Crippen molar-refractivity contribution in [3.05, 3.63) is 75.3 Å². The van der Waals surface area contributed by atoms with Crippen LogP contribution in [0.5, 0.6) is 0 Å². The minimum Gasteiger partial charge on any atom is -0.331 e. The Balaban J connectivity index is 1.90. The lowest BCUT2D eigenvalue weighted by Gasteiger charge is -2.29. The van der Waals surface area contributed by atoms with Gasteiger partial charge in [-0.1, -0.05) is 18.9 Å². The number of hydrogen-bond donors (Lipinski definition) is 0. The summed E-state index contributed by atoms with van der Waals surface area (Å²) < 4.78 is 28.1. The van der Waals surface area contributed by atoms with Crippen molar-refractivity contribution in [1.29, 1.82) is 0 Å². The Morgan fingerprint density at radius 1 is 1.08 bits per heavy atom. The number of halogens is 2. The third-order valence-electron chi connectivity index (χ3n) is 4.74. The average molecular weight is 360 g/mol. The molecule has 7 heteroatoms. The van der Waals surface area contributed by atoms with E-state index in [1.54, 1.807) is 0 Å². The summed E-state index contributed by atoms with van der Waals surface area (Å²) in [6, 6.07) is 8.78. The van der Waals surface area contributed by atoms with Gasteiger partial charge in [-0.25, -0.2) is 8.78 Å². The molecule has 0 unspecified atom stereocenters. The fourth-order valence-electron chi connectivity index (χ4n) is 3.33. The summed E-state index contributed by atoms with van der Waals surface area (Å²) in [5, 5.41) is 10.8. The first-order valence-corrected chi connectivity index (χ1v) is 8.45. The van der Waals surface area contributed by atoms with E-state index in [-0.39, 0.29) is 35.3 Å². The van der Waals surface area contributed by atoms with Gasteiger partial charge in [0.15, 0.2) is 0 Å². The van der Waals surface area contributed by atoms with E-state index in [2.05, 4.69) is 0 Å². The summed E-state index contributed by atoms with van der Waals surface area (Å²) in [6.07, 6.45) is 3.45. The highest BCUT2D eigenvalue weighted by Crippen LogP contribution is 2.28. The standard InChI is InChI=1S/C19H18F2N2O3/c20-17-6-3-7-18(21)16(17)12-22(14-4-1-2-5-14)19(24)13-8-10-15(11-9-13)23(25)26/h3,6-11,14H,1-2,4-5,12H2. The molecule has 0 radical (unpaired) electrons. The molecule has 1 amide bonds. The fraction of sp³-hybridized carbons (Fsp3) is 0.316. The van der Waals surface area contributed by atoms with Crippen molar-refractivity contribution in [2.45, 2.75) is 38.3 Å². The molecule has 3 rings (SSSR count). The van der Waals surface area contributed by atoms with Crippen molar-refractivity contribution in [2.24, 2.45) is 0 Å². The predicted octanol–water partition coefficient (Wildman–Crippen LogP) is 4.46. The molecule has 0 N–H and O–H groups in total. The van der Waals surface area contributed by atoms with E-state index in [9.17, 15) is 23.7 Å². The van der Waals surface area contributed by atoms with Crippen LogP contribution in [0, 0.1) is 21.7 Å². The van der Waals surface area contributed by atoms with Gasteiger partial charge in [-0.05, 0) is 37.1 Å². The van der Waals surface area contributed by atoms with E-state index in [4.69, 9.17) is 0 Å². The molecule has 0 saturated heterocycles. The number of carbonyl (C=O) groups excluding carboxylic acids is 1. The number of amides is 1. The molecule has 1 aliphatic carbocycles. The second-order valence-electron chi connectivity index (χ2n) is 6.38. The lowest BCUT2D eigenvalue weighted by Crippen LogP contribution is -2.38. The topological polar surface area (TPSA) is 63.4 Å². The second kappa shape index (κ2) is 7.59. The molecule has 1 saturated carbocycles. The first-order chi connectivity index (χ1) is 12.5. The Bertz CT molecular complexity index is 798. The second-order valence-corrected chi connectivity index (χ2v) is 6.38. The van der Waals surface area contributed by atoms with Crippen molar-refractivity contribution in [3.63, 3.8) is 0 Å². The van der Waals surface area contributed by atoms with E-state index in [1.807, 2.05) is 0 Å². The summed E-state index contributed by atoms with van der Waals surface area (Å²) in [4.78, 5) is 24.7. The first-order valence-electron chi connectivity index (χ1n) is 8.45. The maximum atomic E-state index is 14.1. The highest BCUT2D eigenvalue weighted by Gasteiger charge is 2.29. The van der Waals surface area contributed by atoms with Crippen LogP contribution in [0.4, 0.5) is 14.5 Å². The van der Waals surface area contributed by atoms with Gasteiger partial charge in [0, 0.05) is 29.3 Å². The Labute approximate surface area is 149 Å². The molecular formula is C19H18F2N2O3. The Morgan fingerprint density at radius 3 is 2.19 bits per heavy atom. The van der Waals surface area contributed by atoms with Crippen LogP contribution in [0.15, 0.2) is 42.5 Å². The smallest absolute Gasteiger partial charge is 0.269 e. The van der Waals surface area contributed by atoms with E-state index >= 15 is 0 Å². The zero-order valence-corrected chi connectivity index (χ0v) is 14.0. The molecule has 1 aliphatic rings. The van der Waals surface area contributed by atoms with Crippen LogP contribution in [0.3, 0.4) is 0 Å². The normalized spacial score (nSPS) is 14.4. The molecule has 2 aromatic rings. The van der Waals surface area contributed by atoms with Gasteiger partial charge in [0.1, 0.15) is 11.6 Å². The zero-order valence-electron chi connectivity index (χ0n) is 14.0. The van der Waals surface area contributed by atoms with Gasteiger partial charge in [-0.15, -0.1) is 0 Å². The molecule has 0 aliphatic heterocycles.